The molecular weight excluding hydrogens is 258 g/mol. The molecule has 0 radical (unpaired) electrons. The number of benzene rings is 1. The van der Waals surface area contributed by atoms with Gasteiger partial charge in [-0.1, -0.05) is 0 Å². The molecule has 0 aliphatic carbocycles. The van der Waals surface area contributed by atoms with Gasteiger partial charge in [0.25, 0.3) is 0 Å². The minimum absolute atomic E-state index is 0.0327. The first kappa shape index (κ1) is 12.6. The second kappa shape index (κ2) is 5.22. The average molecular weight is 268 g/mol. The number of nitrogens with zero attached hydrogens (tertiary/aromatic N) is 1. The van der Waals surface area contributed by atoms with Gasteiger partial charge >= 0.3 is 0 Å². The maximum Gasteiger partial charge on any atom is 0.231 e. The van der Waals surface area contributed by atoms with Crippen LogP contribution < -0.4 is 5.32 Å². The van der Waals surface area contributed by atoms with Crippen molar-refractivity contribution in [3.8, 4) is 0 Å². The minimum Gasteiger partial charge on any atom is -0.323 e. The third kappa shape index (κ3) is 3.10. The van der Waals surface area contributed by atoms with E-state index in [-0.39, 0.29) is 18.0 Å². The number of rotatable bonds is 3. The largest absolute Gasteiger partial charge is 0.323 e. The van der Waals surface area contributed by atoms with E-state index in [1.165, 1.54) is 17.4 Å². The zero-order valence-corrected chi connectivity index (χ0v) is 10.4. The topological polar surface area (TPSA) is 42.0 Å². The van der Waals surface area contributed by atoms with Crippen LogP contribution in [0.5, 0.6) is 0 Å². The molecule has 3 nitrogen and oxygen atoms in total. The Morgan fingerprint density at radius 1 is 1.44 bits per heavy atom. The fourth-order valence-corrected chi connectivity index (χ4v) is 2.18. The number of aromatic nitrogens is 1. The lowest BCUT2D eigenvalue weighted by Gasteiger charge is -2.05. The highest BCUT2D eigenvalue weighted by atomic mass is 32.1. The molecule has 0 saturated heterocycles. The van der Waals surface area contributed by atoms with Gasteiger partial charge in [0, 0.05) is 17.1 Å². The lowest BCUT2D eigenvalue weighted by Crippen LogP contribution is -2.15. The molecule has 1 heterocycles. The van der Waals surface area contributed by atoms with Crippen LogP contribution in [-0.4, -0.2) is 10.9 Å². The van der Waals surface area contributed by atoms with E-state index < -0.39 is 11.6 Å². The molecular formula is C12H10F2N2OS. The average Bonchev–Trinajstić information content (AvgIpc) is 2.68. The number of carbonyl (C=O) groups is 1. The van der Waals surface area contributed by atoms with Crippen LogP contribution in [0.1, 0.15) is 10.7 Å². The highest BCUT2D eigenvalue weighted by molar-refractivity contribution is 7.09. The quantitative estimate of drug-likeness (QED) is 0.930. The lowest BCUT2D eigenvalue weighted by atomic mass is 10.3. The molecule has 1 amide bonds. The van der Waals surface area contributed by atoms with Crippen molar-refractivity contribution in [2.75, 3.05) is 5.32 Å². The maximum atomic E-state index is 13.3. The minimum atomic E-state index is -0.793. The monoisotopic (exact) mass is 268 g/mol. The number of amides is 1. The zero-order valence-electron chi connectivity index (χ0n) is 9.54. The van der Waals surface area contributed by atoms with Crippen molar-refractivity contribution in [1.82, 2.24) is 4.98 Å². The van der Waals surface area contributed by atoms with Gasteiger partial charge in [-0.25, -0.2) is 13.8 Å². The van der Waals surface area contributed by atoms with E-state index in [0.29, 0.717) is 5.01 Å². The van der Waals surface area contributed by atoms with E-state index in [0.717, 1.165) is 17.8 Å². The summed E-state index contributed by atoms with van der Waals surface area (Å²) in [7, 11) is 0. The second-order valence-corrected chi connectivity index (χ2v) is 4.67. The summed E-state index contributed by atoms with van der Waals surface area (Å²) in [6, 6.07) is 3.01. The predicted octanol–water partition coefficient (Wildman–Crippen LogP) is 2.91. The molecule has 1 N–H and O–H groups in total. The van der Waals surface area contributed by atoms with Crippen LogP contribution >= 0.6 is 11.3 Å². The molecule has 0 atom stereocenters. The molecule has 18 heavy (non-hydrogen) atoms. The van der Waals surface area contributed by atoms with Gasteiger partial charge in [-0.15, -0.1) is 11.3 Å². The fraction of sp³-hybridized carbons (Fsp3) is 0.167. The number of thiazole rings is 1. The van der Waals surface area contributed by atoms with Crippen LogP contribution in [0.15, 0.2) is 23.6 Å². The molecule has 1 aromatic heterocycles. The van der Waals surface area contributed by atoms with Crippen molar-refractivity contribution in [2.24, 2.45) is 0 Å². The number of hydrogen-bond acceptors (Lipinski definition) is 3. The SMILES string of the molecule is Cc1csc(CC(=O)Nc2ccc(F)cc2F)n1. The summed E-state index contributed by atoms with van der Waals surface area (Å²) in [5.74, 6) is -1.85. The fourth-order valence-electron chi connectivity index (χ4n) is 1.41. The number of aryl methyl sites for hydroxylation is 1. The predicted molar refractivity (Wildman–Crippen MR) is 65.5 cm³/mol. The standard InChI is InChI=1S/C12H10F2N2OS/c1-7-6-18-12(15-7)5-11(17)16-10-3-2-8(13)4-9(10)14/h2-4,6H,5H2,1H3,(H,16,17). The van der Waals surface area contributed by atoms with Crippen molar-refractivity contribution < 1.29 is 13.6 Å². The van der Waals surface area contributed by atoms with Crippen molar-refractivity contribution in [1.29, 1.82) is 0 Å². The second-order valence-electron chi connectivity index (χ2n) is 3.73. The normalized spacial score (nSPS) is 10.4. The van der Waals surface area contributed by atoms with Crippen LogP contribution in [-0.2, 0) is 11.2 Å². The highest BCUT2D eigenvalue weighted by Gasteiger charge is 2.10. The Morgan fingerprint density at radius 3 is 2.83 bits per heavy atom. The van der Waals surface area contributed by atoms with Gasteiger partial charge in [-0.05, 0) is 19.1 Å². The Kier molecular flexibility index (Phi) is 3.66. The van der Waals surface area contributed by atoms with Crippen LogP contribution in [0.4, 0.5) is 14.5 Å². The van der Waals surface area contributed by atoms with E-state index in [1.807, 2.05) is 12.3 Å². The van der Waals surface area contributed by atoms with E-state index in [4.69, 9.17) is 0 Å². The molecule has 0 bridgehead atoms. The Bertz CT molecular complexity index is 583. The number of halogens is 2. The van der Waals surface area contributed by atoms with Crippen molar-refractivity contribution >= 4 is 22.9 Å². The Morgan fingerprint density at radius 2 is 2.22 bits per heavy atom. The molecule has 0 saturated carbocycles. The molecule has 2 rings (SSSR count). The van der Waals surface area contributed by atoms with Crippen molar-refractivity contribution in [3.63, 3.8) is 0 Å². The molecule has 0 aliphatic rings. The third-order valence-corrected chi connectivity index (χ3v) is 3.15. The molecule has 0 fully saturated rings. The number of carbonyl (C=O) groups excluding carboxylic acids is 1. The zero-order chi connectivity index (χ0) is 13.1. The molecule has 2 aromatic rings. The third-order valence-electron chi connectivity index (χ3n) is 2.18. The van der Waals surface area contributed by atoms with Gasteiger partial charge in [0.1, 0.15) is 16.6 Å². The van der Waals surface area contributed by atoms with E-state index >= 15 is 0 Å². The smallest absolute Gasteiger partial charge is 0.231 e. The molecule has 0 aliphatic heterocycles. The van der Waals surface area contributed by atoms with E-state index in [9.17, 15) is 13.6 Å². The van der Waals surface area contributed by atoms with Gasteiger partial charge < -0.3 is 5.32 Å². The van der Waals surface area contributed by atoms with Crippen LogP contribution in [0, 0.1) is 18.6 Å². The summed E-state index contributed by atoms with van der Waals surface area (Å²) in [6.07, 6.45) is 0.0787. The van der Waals surface area contributed by atoms with Crippen molar-refractivity contribution in [2.45, 2.75) is 13.3 Å². The molecule has 0 unspecified atom stereocenters. The summed E-state index contributed by atoms with van der Waals surface area (Å²) in [5.41, 5.74) is 0.811. The summed E-state index contributed by atoms with van der Waals surface area (Å²) in [4.78, 5) is 15.8. The molecule has 94 valence electrons. The Hall–Kier alpha value is -1.82. The number of hydrogen-bond donors (Lipinski definition) is 1. The van der Waals surface area contributed by atoms with Gasteiger partial charge in [-0.2, -0.15) is 0 Å². The lowest BCUT2D eigenvalue weighted by molar-refractivity contribution is -0.115. The molecule has 6 heteroatoms. The number of nitrogens with one attached hydrogen (secondary N) is 1. The Balaban J connectivity index is 2.03. The summed E-state index contributed by atoms with van der Waals surface area (Å²) < 4.78 is 26.0. The van der Waals surface area contributed by atoms with Crippen molar-refractivity contribution in [3.05, 3.63) is 45.9 Å². The summed E-state index contributed by atoms with van der Waals surface area (Å²) in [6.45, 7) is 1.83. The first-order chi connectivity index (χ1) is 8.54. The van der Waals surface area contributed by atoms with Crippen LogP contribution in [0.2, 0.25) is 0 Å². The summed E-state index contributed by atoms with van der Waals surface area (Å²) in [5, 5.41) is 4.88. The van der Waals surface area contributed by atoms with E-state index in [2.05, 4.69) is 10.3 Å². The van der Waals surface area contributed by atoms with Gasteiger partial charge in [0.15, 0.2) is 0 Å². The van der Waals surface area contributed by atoms with Crippen LogP contribution in [0.25, 0.3) is 0 Å². The number of anilines is 1. The van der Waals surface area contributed by atoms with Gasteiger partial charge in [0.05, 0.1) is 12.1 Å². The van der Waals surface area contributed by atoms with Gasteiger partial charge in [-0.3, -0.25) is 4.79 Å². The molecule has 1 aromatic carbocycles. The highest BCUT2D eigenvalue weighted by Crippen LogP contribution is 2.16. The van der Waals surface area contributed by atoms with Crippen LogP contribution in [0.3, 0.4) is 0 Å². The first-order valence-electron chi connectivity index (χ1n) is 5.20. The summed E-state index contributed by atoms with van der Waals surface area (Å²) >= 11 is 1.37. The van der Waals surface area contributed by atoms with E-state index in [1.54, 1.807) is 0 Å². The first-order valence-corrected chi connectivity index (χ1v) is 6.08. The molecule has 0 spiro atoms. The maximum absolute atomic E-state index is 13.3. The van der Waals surface area contributed by atoms with Gasteiger partial charge in [0.2, 0.25) is 5.91 Å². The Labute approximate surface area is 106 Å².